The van der Waals surface area contributed by atoms with Gasteiger partial charge in [-0.25, -0.2) is 9.97 Å². The highest BCUT2D eigenvalue weighted by atomic mass is 35.5. The summed E-state index contributed by atoms with van der Waals surface area (Å²) in [6, 6.07) is 12.3. The van der Waals surface area contributed by atoms with E-state index in [1.165, 1.54) is 11.8 Å². The number of hydrogen-bond acceptors (Lipinski definition) is 4. The Morgan fingerprint density at radius 2 is 1.74 bits per heavy atom. The van der Waals surface area contributed by atoms with Crippen LogP contribution in [-0.4, -0.2) is 33.2 Å². The lowest BCUT2D eigenvalue weighted by atomic mass is 10.1. The van der Waals surface area contributed by atoms with E-state index in [1.807, 2.05) is 12.1 Å². The van der Waals surface area contributed by atoms with Crippen molar-refractivity contribution in [3.8, 4) is 11.3 Å². The fourth-order valence-electron chi connectivity index (χ4n) is 3.12. The second-order valence-corrected chi connectivity index (χ2v) is 7.68. The Morgan fingerprint density at radius 3 is 2.42 bits per heavy atom. The molecule has 0 unspecified atom stereocenters. The lowest BCUT2D eigenvalue weighted by molar-refractivity contribution is -0.114. The van der Waals surface area contributed by atoms with Gasteiger partial charge >= 0.3 is 0 Å². The Morgan fingerprint density at radius 1 is 1.00 bits per heavy atom. The summed E-state index contributed by atoms with van der Waals surface area (Å²) in [4.78, 5) is 34.3. The van der Waals surface area contributed by atoms with Crippen LogP contribution in [0.1, 0.15) is 17.4 Å². The summed E-state index contributed by atoms with van der Waals surface area (Å²) in [5.41, 5.74) is 3.82. The maximum atomic E-state index is 13.0. The predicted octanol–water partition coefficient (Wildman–Crippen LogP) is 4.94. The van der Waals surface area contributed by atoms with Gasteiger partial charge in [-0.1, -0.05) is 35.3 Å². The quantitative estimate of drug-likeness (QED) is 0.474. The fraction of sp³-hybridized carbons (Fsp3) is 0.0909. The Bertz CT molecular complexity index is 1300. The van der Waals surface area contributed by atoms with E-state index in [4.69, 9.17) is 23.2 Å². The topological polar surface area (TPSA) is 79.6 Å². The molecule has 0 spiro atoms. The summed E-state index contributed by atoms with van der Waals surface area (Å²) in [5, 5.41) is 3.51. The van der Waals surface area contributed by atoms with Crippen molar-refractivity contribution in [2.75, 3.05) is 17.3 Å². The van der Waals surface area contributed by atoms with Gasteiger partial charge in [-0.3, -0.25) is 14.0 Å². The van der Waals surface area contributed by atoms with Gasteiger partial charge in [0.2, 0.25) is 5.91 Å². The Kier molecular flexibility index (Phi) is 5.63. The monoisotopic (exact) mass is 453 g/mol. The van der Waals surface area contributed by atoms with E-state index in [9.17, 15) is 9.59 Å². The number of anilines is 2. The molecule has 0 aliphatic rings. The highest BCUT2D eigenvalue weighted by molar-refractivity contribution is 6.42. The molecule has 0 aliphatic carbocycles. The molecule has 9 heteroatoms. The fourth-order valence-corrected chi connectivity index (χ4v) is 3.42. The van der Waals surface area contributed by atoms with Gasteiger partial charge in [0.25, 0.3) is 5.91 Å². The van der Waals surface area contributed by atoms with Gasteiger partial charge in [-0.15, -0.1) is 0 Å². The van der Waals surface area contributed by atoms with Crippen molar-refractivity contribution in [2.24, 2.45) is 0 Å². The minimum absolute atomic E-state index is 0.136. The van der Waals surface area contributed by atoms with Crippen LogP contribution in [0.3, 0.4) is 0 Å². The van der Waals surface area contributed by atoms with E-state index in [-0.39, 0.29) is 17.5 Å². The number of carbonyl (C=O) groups excluding carboxylic acids is 2. The summed E-state index contributed by atoms with van der Waals surface area (Å²) in [6.07, 6.45) is 4.90. The van der Waals surface area contributed by atoms with Crippen LogP contribution >= 0.6 is 23.2 Å². The van der Waals surface area contributed by atoms with Crippen molar-refractivity contribution in [3.63, 3.8) is 0 Å². The summed E-state index contributed by atoms with van der Waals surface area (Å²) < 4.78 is 1.80. The number of fused-ring (bicyclic) bond motifs is 1. The lowest BCUT2D eigenvalue weighted by Crippen LogP contribution is -2.27. The zero-order chi connectivity index (χ0) is 22.1. The van der Waals surface area contributed by atoms with Crippen molar-refractivity contribution < 1.29 is 9.59 Å². The molecule has 0 saturated carbocycles. The Hall–Kier alpha value is -3.42. The minimum Gasteiger partial charge on any atom is -0.326 e. The molecule has 1 N–H and O–H groups in total. The number of carbonyl (C=O) groups is 2. The van der Waals surface area contributed by atoms with Gasteiger partial charge in [-0.05, 0) is 30.3 Å². The Labute approximate surface area is 188 Å². The molecule has 7 nitrogen and oxygen atoms in total. The lowest BCUT2D eigenvalue weighted by Gasteiger charge is -2.17. The number of imidazole rings is 1. The molecule has 4 aromatic rings. The maximum absolute atomic E-state index is 13.0. The number of nitrogens with one attached hydrogen (secondary N) is 1. The number of amides is 2. The number of benzene rings is 2. The van der Waals surface area contributed by atoms with Gasteiger partial charge < -0.3 is 10.2 Å². The van der Waals surface area contributed by atoms with Gasteiger partial charge in [-0.2, -0.15) is 0 Å². The number of halogens is 2. The van der Waals surface area contributed by atoms with E-state index in [1.54, 1.807) is 60.4 Å². The normalized spacial score (nSPS) is 10.8. The zero-order valence-electron chi connectivity index (χ0n) is 16.6. The van der Waals surface area contributed by atoms with Crippen molar-refractivity contribution in [2.45, 2.75) is 6.92 Å². The third-order valence-electron chi connectivity index (χ3n) is 4.71. The second kappa shape index (κ2) is 8.37. The first kappa shape index (κ1) is 20.8. The number of hydrogen-bond donors (Lipinski definition) is 1. The molecule has 2 aromatic heterocycles. The summed E-state index contributed by atoms with van der Waals surface area (Å²) >= 11 is 12.0. The van der Waals surface area contributed by atoms with Crippen LogP contribution in [0, 0.1) is 0 Å². The molecule has 4 rings (SSSR count). The summed E-state index contributed by atoms with van der Waals surface area (Å²) in [7, 11) is 1.64. The van der Waals surface area contributed by atoms with Crippen molar-refractivity contribution in [1.82, 2.24) is 14.4 Å². The number of aromatic nitrogens is 3. The zero-order valence-corrected chi connectivity index (χ0v) is 18.1. The molecule has 0 radical (unpaired) electrons. The van der Waals surface area contributed by atoms with E-state index in [0.717, 1.165) is 11.3 Å². The van der Waals surface area contributed by atoms with Crippen LogP contribution in [0.5, 0.6) is 0 Å². The average molecular weight is 454 g/mol. The molecule has 0 bridgehead atoms. The van der Waals surface area contributed by atoms with Crippen LogP contribution in [0.25, 0.3) is 16.9 Å². The highest BCUT2D eigenvalue weighted by Crippen LogP contribution is 2.28. The first-order valence-electron chi connectivity index (χ1n) is 9.28. The number of nitrogens with zero attached hydrogens (tertiary/aromatic N) is 4. The van der Waals surface area contributed by atoms with Crippen molar-refractivity contribution in [1.29, 1.82) is 0 Å². The second-order valence-electron chi connectivity index (χ2n) is 6.87. The largest absolute Gasteiger partial charge is 0.326 e. The van der Waals surface area contributed by atoms with Crippen LogP contribution in [0.4, 0.5) is 11.4 Å². The van der Waals surface area contributed by atoms with Gasteiger partial charge in [0.15, 0.2) is 5.65 Å². The van der Waals surface area contributed by atoms with E-state index in [2.05, 4.69) is 15.3 Å². The third kappa shape index (κ3) is 4.23. The summed E-state index contributed by atoms with van der Waals surface area (Å²) in [5.74, 6) is -0.441. The average Bonchev–Trinajstić information content (AvgIpc) is 3.18. The third-order valence-corrected chi connectivity index (χ3v) is 5.45. The molecule has 0 atom stereocenters. The van der Waals surface area contributed by atoms with Gasteiger partial charge in [0.05, 0.1) is 28.1 Å². The van der Waals surface area contributed by atoms with Crippen molar-refractivity contribution in [3.05, 3.63) is 76.8 Å². The van der Waals surface area contributed by atoms with Gasteiger partial charge in [0.1, 0.15) is 5.69 Å². The molecular weight excluding hydrogens is 437 g/mol. The molecule has 2 amide bonds. The van der Waals surface area contributed by atoms with E-state index in [0.29, 0.717) is 27.1 Å². The summed E-state index contributed by atoms with van der Waals surface area (Å²) in [6.45, 7) is 1.46. The smallest absolute Gasteiger partial charge is 0.278 e. The van der Waals surface area contributed by atoms with Crippen LogP contribution in [0.2, 0.25) is 10.0 Å². The van der Waals surface area contributed by atoms with Crippen LogP contribution < -0.4 is 10.2 Å². The van der Waals surface area contributed by atoms with Gasteiger partial charge in [0, 0.05) is 37.1 Å². The molecule has 0 aliphatic heterocycles. The minimum atomic E-state index is -0.305. The molecule has 2 aromatic carbocycles. The molecule has 31 heavy (non-hydrogen) atoms. The number of rotatable bonds is 4. The molecular formula is C22H17Cl2N5O2. The highest BCUT2D eigenvalue weighted by Gasteiger charge is 2.18. The first-order valence-corrected chi connectivity index (χ1v) is 10.0. The SMILES string of the molecule is CC(=O)Nc1ccc(-c2cnc3cnc(C(=O)N(C)c4ccc(Cl)c(Cl)c4)cn23)cc1. The van der Waals surface area contributed by atoms with Crippen molar-refractivity contribution >= 4 is 52.0 Å². The molecule has 0 saturated heterocycles. The molecule has 0 fully saturated rings. The van der Waals surface area contributed by atoms with Crippen LogP contribution in [-0.2, 0) is 4.79 Å². The molecule has 2 heterocycles. The predicted molar refractivity (Wildman–Crippen MR) is 122 cm³/mol. The standard InChI is InChI=1S/C22H17Cl2N5O2/c1-13(30)27-15-5-3-14(4-6-15)20-10-26-21-11-25-19(12-29(20)21)22(31)28(2)16-7-8-17(23)18(24)9-16/h3-12H,1-2H3,(H,27,30). The van der Waals surface area contributed by atoms with E-state index < -0.39 is 0 Å². The van der Waals surface area contributed by atoms with Crippen LogP contribution in [0.15, 0.2) is 61.1 Å². The maximum Gasteiger partial charge on any atom is 0.278 e. The first-order chi connectivity index (χ1) is 14.8. The van der Waals surface area contributed by atoms with E-state index >= 15 is 0 Å². The molecule has 156 valence electrons. The Balaban J connectivity index is 1.67.